The van der Waals surface area contributed by atoms with E-state index < -0.39 is 16.2 Å². The number of hydrogen-bond acceptors (Lipinski definition) is 3. The molecule has 0 fully saturated rings. The molecule has 204 valence electrons. The Morgan fingerprint density at radius 2 is 1.39 bits per heavy atom. The maximum absolute atomic E-state index is 13.9. The van der Waals surface area contributed by atoms with Gasteiger partial charge in [-0.3, -0.25) is 4.90 Å². The predicted molar refractivity (Wildman–Crippen MR) is 158 cm³/mol. The number of carbonyl (C=O) groups excluding carboxylic acids is 1. The zero-order valence-corrected chi connectivity index (χ0v) is 24.4. The lowest BCUT2D eigenvalue weighted by atomic mass is 9.85. The highest BCUT2D eigenvalue weighted by atomic mass is 32.2. The zero-order valence-electron chi connectivity index (χ0n) is 23.6. The van der Waals surface area contributed by atoms with Gasteiger partial charge in [-0.2, -0.15) is 12.7 Å². The summed E-state index contributed by atoms with van der Waals surface area (Å²) in [4.78, 5) is 15.5. The highest BCUT2D eigenvalue weighted by Crippen LogP contribution is 2.42. The van der Waals surface area contributed by atoms with E-state index in [0.717, 1.165) is 33.5 Å². The first-order valence-electron chi connectivity index (χ1n) is 13.3. The minimum atomic E-state index is -4.09. The summed E-state index contributed by atoms with van der Waals surface area (Å²) in [7, 11) is -4.09. The quantitative estimate of drug-likeness (QED) is 0.296. The second-order valence-electron chi connectivity index (χ2n) is 10.4. The lowest BCUT2D eigenvalue weighted by Gasteiger charge is -2.34. The Hall–Kier alpha value is -3.16. The number of carbonyl (C=O) groups is 1. The van der Waals surface area contributed by atoms with Gasteiger partial charge in [0.1, 0.15) is 0 Å². The van der Waals surface area contributed by atoms with Crippen molar-refractivity contribution >= 4 is 21.9 Å². The van der Waals surface area contributed by atoms with Crippen LogP contribution < -0.4 is 9.62 Å². The SMILES string of the molecule is CCN(Cc1ccccc1)S(=O)(=O)NC(=O)N(c1c(C(C)C)ccc(-c2ccccc2)c1C(C)C)C(C)C. The second kappa shape index (κ2) is 12.6. The van der Waals surface area contributed by atoms with Crippen molar-refractivity contribution < 1.29 is 13.2 Å². The van der Waals surface area contributed by atoms with Crippen LogP contribution in [-0.2, 0) is 16.8 Å². The number of hydrogen-bond donors (Lipinski definition) is 1. The van der Waals surface area contributed by atoms with Crippen molar-refractivity contribution in [3.63, 3.8) is 0 Å². The summed E-state index contributed by atoms with van der Waals surface area (Å²) in [5.41, 5.74) is 5.77. The highest BCUT2D eigenvalue weighted by Gasteiger charge is 2.32. The molecule has 0 atom stereocenters. The third-order valence-corrected chi connectivity index (χ3v) is 8.12. The lowest BCUT2D eigenvalue weighted by molar-refractivity contribution is 0.248. The van der Waals surface area contributed by atoms with Crippen LogP contribution in [0.3, 0.4) is 0 Å². The van der Waals surface area contributed by atoms with Gasteiger partial charge in [0.2, 0.25) is 0 Å². The fraction of sp³-hybridized carbons (Fsp3) is 0.387. The number of rotatable bonds is 10. The van der Waals surface area contributed by atoms with Crippen molar-refractivity contribution in [3.05, 3.63) is 89.5 Å². The monoisotopic (exact) mass is 535 g/mol. The van der Waals surface area contributed by atoms with E-state index in [0.29, 0.717) is 0 Å². The summed E-state index contributed by atoms with van der Waals surface area (Å²) in [6.45, 7) is 14.4. The molecule has 3 rings (SSSR count). The van der Waals surface area contributed by atoms with E-state index in [2.05, 4.69) is 56.7 Å². The summed E-state index contributed by atoms with van der Waals surface area (Å²) in [6.07, 6.45) is 0. The Kier molecular flexibility index (Phi) is 9.74. The topological polar surface area (TPSA) is 69.7 Å². The minimum Gasteiger partial charge on any atom is -0.291 e. The molecule has 0 heterocycles. The van der Waals surface area contributed by atoms with Crippen LogP contribution in [-0.4, -0.2) is 31.3 Å². The standard InChI is InChI=1S/C31H41N3O3S/c1-8-33(21-25-15-11-9-12-16-25)38(36,37)32-31(35)34(24(6)7)30-27(22(2)3)19-20-28(29(30)23(4)5)26-17-13-10-14-18-26/h9-20,22-24H,8,21H2,1-7H3,(H,32,35). The van der Waals surface area contributed by atoms with E-state index in [1.54, 1.807) is 11.8 Å². The van der Waals surface area contributed by atoms with Gasteiger partial charge in [0.05, 0.1) is 5.69 Å². The summed E-state index contributed by atoms with van der Waals surface area (Å²) >= 11 is 0. The van der Waals surface area contributed by atoms with Crippen LogP contribution in [0.2, 0.25) is 0 Å². The van der Waals surface area contributed by atoms with E-state index in [9.17, 15) is 13.2 Å². The summed E-state index contributed by atoms with van der Waals surface area (Å²) in [5.74, 6) is 0.220. The first-order chi connectivity index (χ1) is 18.0. The molecule has 0 spiro atoms. The van der Waals surface area contributed by atoms with Gasteiger partial charge in [0, 0.05) is 19.1 Å². The van der Waals surface area contributed by atoms with Crippen LogP contribution in [0.25, 0.3) is 11.1 Å². The lowest BCUT2D eigenvalue weighted by Crippen LogP contribution is -2.51. The van der Waals surface area contributed by atoms with Crippen molar-refractivity contribution in [2.24, 2.45) is 0 Å². The molecule has 0 aliphatic rings. The Morgan fingerprint density at radius 3 is 1.89 bits per heavy atom. The molecule has 0 radical (unpaired) electrons. The molecule has 6 nitrogen and oxygen atoms in total. The van der Waals surface area contributed by atoms with E-state index in [-0.39, 0.29) is 31.0 Å². The fourth-order valence-corrected chi connectivity index (χ4v) is 5.89. The van der Waals surface area contributed by atoms with Crippen LogP contribution in [0, 0.1) is 0 Å². The molecule has 0 saturated heterocycles. The molecule has 0 aliphatic carbocycles. The fourth-order valence-electron chi connectivity index (χ4n) is 4.79. The molecule has 3 aromatic rings. The highest BCUT2D eigenvalue weighted by molar-refractivity contribution is 7.87. The molecule has 0 saturated carbocycles. The Bertz CT molecular complexity index is 1320. The Morgan fingerprint density at radius 1 is 0.816 bits per heavy atom. The van der Waals surface area contributed by atoms with Crippen molar-refractivity contribution in [1.82, 2.24) is 9.03 Å². The van der Waals surface area contributed by atoms with Gasteiger partial charge in [0.15, 0.2) is 0 Å². The Balaban J connectivity index is 2.10. The van der Waals surface area contributed by atoms with Crippen LogP contribution in [0.5, 0.6) is 0 Å². The molecule has 3 aromatic carbocycles. The number of amides is 2. The van der Waals surface area contributed by atoms with Crippen molar-refractivity contribution in [3.8, 4) is 11.1 Å². The molecule has 0 bridgehead atoms. The van der Waals surface area contributed by atoms with Crippen LogP contribution in [0.15, 0.2) is 72.8 Å². The van der Waals surface area contributed by atoms with Gasteiger partial charge in [0.25, 0.3) is 0 Å². The van der Waals surface area contributed by atoms with E-state index >= 15 is 0 Å². The maximum atomic E-state index is 13.9. The van der Waals surface area contributed by atoms with Crippen molar-refractivity contribution in [1.29, 1.82) is 0 Å². The summed E-state index contributed by atoms with van der Waals surface area (Å²) in [6, 6.07) is 22.7. The van der Waals surface area contributed by atoms with E-state index in [1.807, 2.05) is 62.4 Å². The van der Waals surface area contributed by atoms with Gasteiger partial charge >= 0.3 is 16.2 Å². The van der Waals surface area contributed by atoms with Gasteiger partial charge < -0.3 is 0 Å². The average Bonchev–Trinajstić information content (AvgIpc) is 2.87. The molecule has 1 N–H and O–H groups in total. The first-order valence-corrected chi connectivity index (χ1v) is 14.8. The largest absolute Gasteiger partial charge is 0.336 e. The van der Waals surface area contributed by atoms with E-state index in [1.165, 1.54) is 4.31 Å². The van der Waals surface area contributed by atoms with Crippen LogP contribution in [0.4, 0.5) is 10.5 Å². The van der Waals surface area contributed by atoms with Crippen LogP contribution in [0.1, 0.15) is 77.0 Å². The normalized spacial score (nSPS) is 12.0. The second-order valence-corrected chi connectivity index (χ2v) is 12.1. The number of nitrogens with zero attached hydrogens (tertiary/aromatic N) is 2. The number of benzene rings is 3. The zero-order chi connectivity index (χ0) is 28.0. The molecule has 0 aliphatic heterocycles. The van der Waals surface area contributed by atoms with Crippen molar-refractivity contribution in [2.75, 3.05) is 11.4 Å². The smallest absolute Gasteiger partial charge is 0.291 e. The van der Waals surface area contributed by atoms with Gasteiger partial charge in [-0.15, -0.1) is 0 Å². The van der Waals surface area contributed by atoms with Gasteiger partial charge in [-0.1, -0.05) is 107 Å². The molecule has 0 unspecified atom stereocenters. The molecule has 0 aromatic heterocycles. The summed E-state index contributed by atoms with van der Waals surface area (Å²) < 4.78 is 30.5. The van der Waals surface area contributed by atoms with E-state index in [4.69, 9.17) is 0 Å². The molecular formula is C31H41N3O3S. The van der Waals surface area contributed by atoms with Crippen molar-refractivity contribution in [2.45, 2.75) is 72.9 Å². The van der Waals surface area contributed by atoms with Crippen LogP contribution >= 0.6 is 0 Å². The number of urea groups is 1. The third-order valence-electron chi connectivity index (χ3n) is 6.62. The summed E-state index contributed by atoms with van der Waals surface area (Å²) in [5, 5.41) is 0. The third kappa shape index (κ3) is 6.63. The molecular weight excluding hydrogens is 494 g/mol. The van der Waals surface area contributed by atoms with Gasteiger partial charge in [-0.25, -0.2) is 9.52 Å². The number of nitrogens with one attached hydrogen (secondary N) is 1. The predicted octanol–water partition coefficient (Wildman–Crippen LogP) is 7.29. The first kappa shape index (κ1) is 29.4. The number of anilines is 1. The molecule has 38 heavy (non-hydrogen) atoms. The minimum absolute atomic E-state index is 0.0924. The average molecular weight is 536 g/mol. The molecule has 2 amide bonds. The molecule has 7 heteroatoms. The maximum Gasteiger partial charge on any atom is 0.336 e. The Labute approximate surface area is 228 Å². The van der Waals surface area contributed by atoms with Gasteiger partial charge in [-0.05, 0) is 53.5 Å².